The van der Waals surface area contributed by atoms with Crippen LogP contribution in [0.2, 0.25) is 0 Å². The van der Waals surface area contributed by atoms with Gasteiger partial charge < -0.3 is 0 Å². The predicted octanol–water partition coefficient (Wildman–Crippen LogP) is 11.6. The number of hydrogen-bond acceptors (Lipinski definition) is 2. The molecule has 224 valence electrons. The van der Waals surface area contributed by atoms with Crippen LogP contribution in [0, 0.1) is 0 Å². The van der Waals surface area contributed by atoms with E-state index in [2.05, 4.69) is 164 Å². The Bertz CT molecular complexity index is 2290. The number of rotatable bonds is 4. The van der Waals surface area contributed by atoms with Gasteiger partial charge in [0.2, 0.25) is 0 Å². The molecule has 1 aliphatic heterocycles. The number of fused-ring (bicyclic) bond motifs is 6. The summed E-state index contributed by atoms with van der Waals surface area (Å²) in [7, 11) is 0. The molecule has 2 unspecified atom stereocenters. The summed E-state index contributed by atoms with van der Waals surface area (Å²) in [4.78, 5) is 7.32. The maximum atomic E-state index is 4.62. The Morgan fingerprint density at radius 3 is 1.85 bits per heavy atom. The van der Waals surface area contributed by atoms with Gasteiger partial charge in [-0.2, -0.15) is 0 Å². The second-order valence-corrected chi connectivity index (χ2v) is 14.1. The molecule has 47 heavy (non-hydrogen) atoms. The van der Waals surface area contributed by atoms with E-state index < -0.39 is 0 Å². The average molecular weight is 620 g/mol. The van der Waals surface area contributed by atoms with E-state index in [1.54, 1.807) is 0 Å². The molecule has 0 saturated carbocycles. The minimum Gasteiger partial charge on any atom is -0.256 e. The lowest BCUT2D eigenvalue weighted by molar-refractivity contribution is 0.652. The lowest BCUT2D eigenvalue weighted by atomic mass is 9.69. The van der Waals surface area contributed by atoms with Gasteiger partial charge in [-0.05, 0) is 94.3 Å². The zero-order valence-corrected chi connectivity index (χ0v) is 27.3. The van der Waals surface area contributed by atoms with E-state index >= 15 is 0 Å². The van der Waals surface area contributed by atoms with E-state index in [0.29, 0.717) is 0 Å². The van der Waals surface area contributed by atoms with Gasteiger partial charge in [-0.15, -0.1) is 0 Å². The van der Waals surface area contributed by atoms with Gasteiger partial charge in [0.15, 0.2) is 0 Å². The first kappa shape index (κ1) is 28.1. The van der Waals surface area contributed by atoms with Crippen molar-refractivity contribution in [3.8, 4) is 33.5 Å². The molecule has 9 rings (SSSR count). The second kappa shape index (κ2) is 10.7. The minimum atomic E-state index is -0.309. The monoisotopic (exact) mass is 619 g/mol. The van der Waals surface area contributed by atoms with E-state index in [1.165, 1.54) is 65.4 Å². The average Bonchev–Trinajstić information content (AvgIpc) is 3.41. The van der Waals surface area contributed by atoms with Gasteiger partial charge in [0.25, 0.3) is 0 Å². The first-order chi connectivity index (χ1) is 23.1. The van der Waals surface area contributed by atoms with Crippen LogP contribution < -0.4 is 0 Å². The SMILES string of the molecule is CC1(c2ccccc2)c2ccccc2Sc2c1ccc1c2-c2ccc(-c3cccc(-c4ccccn4)c3)cc2C1(C)c1ccccc1. The molecule has 0 saturated heterocycles. The highest BCUT2D eigenvalue weighted by atomic mass is 32.2. The zero-order valence-electron chi connectivity index (χ0n) is 26.4. The number of pyridine rings is 1. The molecular formula is C45H33NS. The third-order valence-electron chi connectivity index (χ3n) is 10.6. The van der Waals surface area contributed by atoms with Gasteiger partial charge in [-0.25, -0.2) is 0 Å². The Hall–Kier alpha value is -5.18. The van der Waals surface area contributed by atoms with Crippen LogP contribution >= 0.6 is 11.8 Å². The third kappa shape index (κ3) is 4.15. The standard InChI is InChI=1S/C45H33NS/c1-44(33-16-5-3-6-17-33)36-20-9-10-22-41(36)47-43-38(44)26-25-37-42(43)35-24-23-31(29-39(35)45(37,2)34-18-7-4-8-19-34)30-14-13-15-32(28-30)40-21-11-12-27-46-40/h3-29H,1-2H3. The summed E-state index contributed by atoms with van der Waals surface area (Å²) in [5.41, 5.74) is 14.8. The molecule has 2 heterocycles. The Morgan fingerprint density at radius 2 is 1.11 bits per heavy atom. The van der Waals surface area contributed by atoms with Crippen LogP contribution in [0.5, 0.6) is 0 Å². The van der Waals surface area contributed by atoms with E-state index in [1.807, 2.05) is 30.1 Å². The Balaban J connectivity index is 1.29. The summed E-state index contributed by atoms with van der Waals surface area (Å²) in [6.07, 6.45) is 1.86. The molecule has 0 radical (unpaired) electrons. The molecule has 0 bridgehead atoms. The normalized spacial score (nSPS) is 18.9. The van der Waals surface area contributed by atoms with Crippen LogP contribution in [0.15, 0.2) is 174 Å². The van der Waals surface area contributed by atoms with E-state index in [9.17, 15) is 0 Å². The summed E-state index contributed by atoms with van der Waals surface area (Å²) in [5, 5.41) is 0. The molecule has 1 aliphatic carbocycles. The number of nitrogens with zero attached hydrogens (tertiary/aromatic N) is 1. The molecule has 6 aromatic carbocycles. The van der Waals surface area contributed by atoms with Gasteiger partial charge in [-0.1, -0.05) is 139 Å². The molecule has 0 N–H and O–H groups in total. The largest absolute Gasteiger partial charge is 0.256 e. The van der Waals surface area contributed by atoms with Crippen LogP contribution in [-0.4, -0.2) is 4.98 Å². The fourth-order valence-corrected chi connectivity index (χ4v) is 9.50. The lowest BCUT2D eigenvalue weighted by Crippen LogP contribution is -2.30. The smallest absolute Gasteiger partial charge is 0.0702 e. The maximum Gasteiger partial charge on any atom is 0.0702 e. The first-order valence-corrected chi connectivity index (χ1v) is 17.1. The van der Waals surface area contributed by atoms with Crippen molar-refractivity contribution in [3.63, 3.8) is 0 Å². The van der Waals surface area contributed by atoms with Crippen molar-refractivity contribution in [2.75, 3.05) is 0 Å². The van der Waals surface area contributed by atoms with E-state index in [4.69, 9.17) is 0 Å². The van der Waals surface area contributed by atoms with Crippen molar-refractivity contribution in [1.82, 2.24) is 4.98 Å². The number of benzene rings is 6. The first-order valence-electron chi connectivity index (χ1n) is 16.3. The highest BCUT2D eigenvalue weighted by Gasteiger charge is 2.46. The topological polar surface area (TPSA) is 12.9 Å². The summed E-state index contributed by atoms with van der Waals surface area (Å²) in [6.45, 7) is 4.83. The van der Waals surface area contributed by atoms with Crippen molar-refractivity contribution in [2.24, 2.45) is 0 Å². The molecule has 2 atom stereocenters. The van der Waals surface area contributed by atoms with Gasteiger partial charge >= 0.3 is 0 Å². The van der Waals surface area contributed by atoms with Crippen LogP contribution in [0.3, 0.4) is 0 Å². The molecule has 2 aliphatic rings. The summed E-state index contributed by atoms with van der Waals surface area (Å²) < 4.78 is 0. The molecule has 1 nitrogen and oxygen atoms in total. The Kier molecular flexibility index (Phi) is 6.38. The number of aromatic nitrogens is 1. The molecule has 0 spiro atoms. The van der Waals surface area contributed by atoms with Crippen molar-refractivity contribution >= 4 is 11.8 Å². The summed E-state index contributed by atoms with van der Waals surface area (Å²) in [5.74, 6) is 0. The molecular weight excluding hydrogens is 587 g/mol. The molecule has 7 aromatic rings. The lowest BCUT2D eigenvalue weighted by Gasteiger charge is -2.39. The number of hydrogen-bond donors (Lipinski definition) is 0. The Labute approximate surface area is 281 Å². The second-order valence-electron chi connectivity index (χ2n) is 13.0. The van der Waals surface area contributed by atoms with Gasteiger partial charge in [0.05, 0.1) is 5.69 Å². The van der Waals surface area contributed by atoms with Crippen molar-refractivity contribution in [2.45, 2.75) is 34.5 Å². The fourth-order valence-electron chi connectivity index (χ4n) is 8.05. The maximum absolute atomic E-state index is 4.62. The minimum absolute atomic E-state index is 0.273. The van der Waals surface area contributed by atoms with Crippen LogP contribution in [-0.2, 0) is 10.8 Å². The third-order valence-corrected chi connectivity index (χ3v) is 11.8. The highest BCUT2D eigenvalue weighted by Crippen LogP contribution is 2.61. The zero-order chi connectivity index (χ0) is 31.6. The summed E-state index contributed by atoms with van der Waals surface area (Å²) >= 11 is 1.94. The van der Waals surface area contributed by atoms with Crippen molar-refractivity contribution in [3.05, 3.63) is 197 Å². The molecule has 0 fully saturated rings. The van der Waals surface area contributed by atoms with Crippen LogP contribution in [0.4, 0.5) is 0 Å². The quantitative estimate of drug-likeness (QED) is 0.194. The molecule has 1 aromatic heterocycles. The van der Waals surface area contributed by atoms with Crippen LogP contribution in [0.25, 0.3) is 33.5 Å². The van der Waals surface area contributed by atoms with Gasteiger partial charge in [0.1, 0.15) is 0 Å². The predicted molar refractivity (Wildman–Crippen MR) is 195 cm³/mol. The van der Waals surface area contributed by atoms with Crippen molar-refractivity contribution in [1.29, 1.82) is 0 Å². The van der Waals surface area contributed by atoms with Gasteiger partial charge in [0, 0.05) is 37.9 Å². The molecule has 2 heteroatoms. The highest BCUT2D eigenvalue weighted by molar-refractivity contribution is 7.99. The Morgan fingerprint density at radius 1 is 0.468 bits per heavy atom. The fraction of sp³-hybridized carbons (Fsp3) is 0.0889. The van der Waals surface area contributed by atoms with Crippen LogP contribution in [0.1, 0.15) is 47.2 Å². The summed E-state index contributed by atoms with van der Waals surface area (Å²) in [6, 6.07) is 57.9. The van der Waals surface area contributed by atoms with E-state index in [0.717, 1.165) is 11.3 Å². The van der Waals surface area contributed by atoms with Crippen molar-refractivity contribution < 1.29 is 0 Å². The van der Waals surface area contributed by atoms with E-state index in [-0.39, 0.29) is 10.8 Å². The molecule has 0 amide bonds. The van der Waals surface area contributed by atoms with Gasteiger partial charge in [-0.3, -0.25) is 4.98 Å².